The number of ether oxygens (including phenoxy) is 1. The van der Waals surface area contributed by atoms with Crippen LogP contribution in [0, 0.1) is 11.6 Å². The minimum atomic E-state index is -3.38. The van der Waals surface area contributed by atoms with E-state index in [0.29, 0.717) is 37.1 Å². The first-order chi connectivity index (χ1) is 15.2. The van der Waals surface area contributed by atoms with E-state index in [2.05, 4.69) is 14.9 Å². The van der Waals surface area contributed by atoms with Crippen LogP contribution in [-0.2, 0) is 28.5 Å². The van der Waals surface area contributed by atoms with Crippen LogP contribution in [0.25, 0.3) is 11.1 Å². The van der Waals surface area contributed by atoms with Crippen LogP contribution >= 0.6 is 0 Å². The fraction of sp³-hybridized carbons (Fsp3) is 0.364. The van der Waals surface area contributed by atoms with Gasteiger partial charge in [0.05, 0.1) is 11.7 Å². The topological polar surface area (TPSA) is 94.3 Å². The first-order valence-corrected chi connectivity index (χ1v) is 12.1. The predicted octanol–water partition coefficient (Wildman–Crippen LogP) is 3.49. The molecule has 7 nitrogen and oxygen atoms in total. The van der Waals surface area contributed by atoms with Crippen LogP contribution < -0.4 is 9.46 Å². The Morgan fingerprint density at radius 3 is 2.81 bits per heavy atom. The van der Waals surface area contributed by atoms with E-state index < -0.39 is 27.1 Å². The highest BCUT2D eigenvalue weighted by Crippen LogP contribution is 2.44. The molecule has 10 heteroatoms. The molecule has 2 aliphatic rings. The SMILES string of the molecule is CS(=O)(=O)N[C@H]1CC[C@@]2(Cc3ccc(F)c(c3)-c3cccc(F)c3OCc3noc2n3)C1. The van der Waals surface area contributed by atoms with E-state index in [4.69, 9.17) is 9.26 Å². The zero-order valence-electron chi connectivity index (χ0n) is 17.3. The lowest BCUT2D eigenvalue weighted by Crippen LogP contribution is -2.35. The standard InChI is InChI=1S/C22H21F2N3O4S/c1-32(28,29)27-14-7-8-22(11-14)10-13-5-6-17(23)16(9-13)15-3-2-4-18(24)20(15)30-12-19-25-21(22)31-26-19/h2-6,9,14,27H,7-8,10-12H2,1H3/t14-,22+/m0/s1. The number of benzene rings is 2. The van der Waals surface area contributed by atoms with E-state index in [0.717, 1.165) is 11.8 Å². The predicted molar refractivity (Wildman–Crippen MR) is 111 cm³/mol. The van der Waals surface area contributed by atoms with Gasteiger partial charge < -0.3 is 9.26 Å². The van der Waals surface area contributed by atoms with E-state index in [9.17, 15) is 17.2 Å². The normalized spacial score (nSPS) is 22.7. The Labute approximate surface area is 183 Å². The Hall–Kier alpha value is -2.85. The zero-order chi connectivity index (χ0) is 22.5. The van der Waals surface area contributed by atoms with Crippen molar-refractivity contribution in [2.45, 2.75) is 43.7 Å². The van der Waals surface area contributed by atoms with Crippen LogP contribution in [0.1, 0.15) is 36.5 Å². The Bertz CT molecular complexity index is 1290. The first-order valence-electron chi connectivity index (χ1n) is 10.2. The van der Waals surface area contributed by atoms with Crippen molar-refractivity contribution in [3.8, 4) is 16.9 Å². The number of hydrogen-bond acceptors (Lipinski definition) is 6. The summed E-state index contributed by atoms with van der Waals surface area (Å²) in [6, 6.07) is 8.76. The second kappa shape index (κ2) is 7.63. The molecule has 5 rings (SSSR count). The Morgan fingerprint density at radius 1 is 1.16 bits per heavy atom. The highest BCUT2D eigenvalue weighted by Gasteiger charge is 2.46. The molecule has 1 aliphatic heterocycles. The molecular weight excluding hydrogens is 440 g/mol. The lowest BCUT2D eigenvalue weighted by atomic mass is 9.79. The summed E-state index contributed by atoms with van der Waals surface area (Å²) in [7, 11) is -3.38. The lowest BCUT2D eigenvalue weighted by molar-refractivity contribution is 0.260. The van der Waals surface area contributed by atoms with Crippen molar-refractivity contribution in [3.05, 3.63) is 65.3 Å². The molecule has 0 amide bonds. The number of aromatic nitrogens is 2. The van der Waals surface area contributed by atoms with E-state index in [-0.39, 0.29) is 29.8 Å². The average molecular weight is 461 g/mol. The van der Waals surface area contributed by atoms with E-state index in [1.54, 1.807) is 18.2 Å². The highest BCUT2D eigenvalue weighted by molar-refractivity contribution is 7.88. The Morgan fingerprint density at radius 2 is 2.00 bits per heavy atom. The van der Waals surface area contributed by atoms with Gasteiger partial charge >= 0.3 is 0 Å². The van der Waals surface area contributed by atoms with Crippen molar-refractivity contribution in [3.63, 3.8) is 0 Å². The minimum absolute atomic E-state index is 0.0801. The molecule has 1 saturated carbocycles. The van der Waals surface area contributed by atoms with E-state index in [1.807, 2.05) is 0 Å². The summed E-state index contributed by atoms with van der Waals surface area (Å²) in [4.78, 5) is 4.49. The molecule has 4 bridgehead atoms. The van der Waals surface area contributed by atoms with Gasteiger partial charge in [0.15, 0.2) is 18.2 Å². The molecule has 1 N–H and O–H groups in total. The van der Waals surface area contributed by atoms with Crippen molar-refractivity contribution >= 4 is 10.0 Å². The molecule has 1 fully saturated rings. The van der Waals surface area contributed by atoms with Gasteiger partial charge in [0, 0.05) is 17.2 Å². The zero-order valence-corrected chi connectivity index (χ0v) is 18.1. The molecular formula is C22H21F2N3O4S. The molecule has 0 radical (unpaired) electrons. The molecule has 1 aliphatic carbocycles. The number of halogens is 2. The summed E-state index contributed by atoms with van der Waals surface area (Å²) in [5.74, 6) is -0.585. The molecule has 3 aromatic rings. The van der Waals surface area contributed by atoms with Gasteiger partial charge in [-0.25, -0.2) is 21.9 Å². The van der Waals surface area contributed by atoms with Crippen LogP contribution in [0.5, 0.6) is 5.75 Å². The van der Waals surface area contributed by atoms with Gasteiger partial charge in [0.25, 0.3) is 0 Å². The summed E-state index contributed by atoms with van der Waals surface area (Å²) in [6.45, 7) is -0.153. The average Bonchev–Trinajstić information content (AvgIpc) is 3.35. The third kappa shape index (κ3) is 3.88. The van der Waals surface area contributed by atoms with Gasteiger partial charge in [0.1, 0.15) is 5.82 Å². The third-order valence-corrected chi connectivity index (χ3v) is 6.85. The number of hydrogen-bond donors (Lipinski definition) is 1. The molecule has 0 unspecified atom stereocenters. The fourth-order valence-electron chi connectivity index (χ4n) is 4.77. The second-order valence-electron chi connectivity index (χ2n) is 8.52. The van der Waals surface area contributed by atoms with Gasteiger partial charge in [-0.15, -0.1) is 0 Å². The molecule has 0 saturated heterocycles. The van der Waals surface area contributed by atoms with Crippen molar-refractivity contribution < 1.29 is 26.5 Å². The highest BCUT2D eigenvalue weighted by atomic mass is 32.2. The second-order valence-corrected chi connectivity index (χ2v) is 10.3. The summed E-state index contributed by atoms with van der Waals surface area (Å²) < 4.78 is 66.8. The van der Waals surface area contributed by atoms with Crippen molar-refractivity contribution in [2.75, 3.05) is 6.26 Å². The van der Waals surface area contributed by atoms with Crippen LogP contribution in [0.4, 0.5) is 8.78 Å². The largest absolute Gasteiger partial charge is 0.482 e. The maximum atomic E-state index is 14.8. The van der Waals surface area contributed by atoms with Crippen molar-refractivity contribution in [1.82, 2.24) is 14.9 Å². The Kier molecular flexibility index (Phi) is 5.01. The maximum Gasteiger partial charge on any atom is 0.233 e. The third-order valence-electron chi connectivity index (χ3n) is 6.09. The maximum absolute atomic E-state index is 14.8. The van der Waals surface area contributed by atoms with Crippen molar-refractivity contribution in [1.29, 1.82) is 0 Å². The molecule has 168 valence electrons. The summed E-state index contributed by atoms with van der Waals surface area (Å²) in [5.41, 5.74) is 0.698. The number of rotatable bonds is 2. The number of para-hydroxylation sites is 1. The molecule has 32 heavy (non-hydrogen) atoms. The van der Waals surface area contributed by atoms with Crippen LogP contribution in [0.3, 0.4) is 0 Å². The summed E-state index contributed by atoms with van der Waals surface area (Å²) >= 11 is 0. The first kappa shape index (κ1) is 21.0. The quantitative estimate of drug-likeness (QED) is 0.628. The number of nitrogens with zero attached hydrogens (tertiary/aromatic N) is 2. The van der Waals surface area contributed by atoms with Crippen LogP contribution in [-0.4, -0.2) is 30.9 Å². The monoisotopic (exact) mass is 461 g/mol. The number of nitrogens with one attached hydrogen (secondary N) is 1. The van der Waals surface area contributed by atoms with Crippen molar-refractivity contribution in [2.24, 2.45) is 0 Å². The Balaban J connectivity index is 1.62. The summed E-state index contributed by atoms with van der Waals surface area (Å²) in [6.07, 6.45) is 3.24. The van der Waals surface area contributed by atoms with Crippen LogP contribution in [0.15, 0.2) is 40.9 Å². The molecule has 2 heterocycles. The van der Waals surface area contributed by atoms with Gasteiger partial charge in [-0.2, -0.15) is 4.98 Å². The number of fused-ring (bicyclic) bond motifs is 7. The molecule has 2 aromatic carbocycles. The molecule has 1 spiro atoms. The molecule has 1 aromatic heterocycles. The van der Waals surface area contributed by atoms with Gasteiger partial charge in [-0.1, -0.05) is 23.4 Å². The van der Waals surface area contributed by atoms with E-state index >= 15 is 0 Å². The van der Waals surface area contributed by atoms with Crippen LogP contribution in [0.2, 0.25) is 0 Å². The lowest BCUT2D eigenvalue weighted by Gasteiger charge is -2.26. The summed E-state index contributed by atoms with van der Waals surface area (Å²) in [5, 5.41) is 3.99. The van der Waals surface area contributed by atoms with E-state index in [1.165, 1.54) is 18.2 Å². The van der Waals surface area contributed by atoms with Gasteiger partial charge in [-0.3, -0.25) is 0 Å². The fourth-order valence-corrected chi connectivity index (χ4v) is 5.58. The van der Waals surface area contributed by atoms with Gasteiger partial charge in [-0.05, 0) is 49.4 Å². The van der Waals surface area contributed by atoms with Gasteiger partial charge in [0.2, 0.25) is 21.7 Å². The molecule has 2 atom stereocenters. The minimum Gasteiger partial charge on any atom is -0.482 e. The smallest absolute Gasteiger partial charge is 0.233 e. The number of sulfonamides is 1.